The fraction of sp³-hybridized carbons (Fsp3) is 0.364. The quantitative estimate of drug-likeness (QED) is 0.655. The highest BCUT2D eigenvalue weighted by atomic mass is 32.2. The zero-order chi connectivity index (χ0) is 22.6. The van der Waals surface area contributed by atoms with Crippen LogP contribution in [0.1, 0.15) is 27.9 Å². The first kappa shape index (κ1) is 22.8. The predicted octanol–water partition coefficient (Wildman–Crippen LogP) is 2.05. The molecule has 1 aliphatic rings. The summed E-state index contributed by atoms with van der Waals surface area (Å²) in [5, 5.41) is 0. The summed E-state index contributed by atoms with van der Waals surface area (Å²) in [5.41, 5.74) is 4.51. The van der Waals surface area contributed by atoms with Gasteiger partial charge in [0.15, 0.2) is 11.5 Å². The van der Waals surface area contributed by atoms with Crippen molar-refractivity contribution in [2.24, 2.45) is 0 Å². The summed E-state index contributed by atoms with van der Waals surface area (Å²) >= 11 is 0. The first-order chi connectivity index (χ1) is 14.7. The Morgan fingerprint density at radius 1 is 1.26 bits per heavy atom. The van der Waals surface area contributed by atoms with Crippen LogP contribution >= 0.6 is 0 Å². The van der Waals surface area contributed by atoms with Crippen molar-refractivity contribution < 1.29 is 22.7 Å². The van der Waals surface area contributed by atoms with Crippen molar-refractivity contribution in [2.45, 2.75) is 26.4 Å². The molecule has 9 heteroatoms. The largest absolute Gasteiger partial charge is 0.493 e. The molecule has 3 rings (SSSR count). The standard InChI is InChI=1S/C22H27N3O5S/c1-15-19(13-24-31(4,27)28)18-9-10-25(14-17(18)12-23-15)22(26)8-6-16-5-7-20(29-2)21(11-16)30-3/h5-8,11-12,24H,9-10,13-14H2,1-4H3/b8-6+. The molecule has 2 heterocycles. The number of carbonyl (C=O) groups excluding carboxylic acids is 1. The molecule has 0 aliphatic carbocycles. The molecule has 31 heavy (non-hydrogen) atoms. The van der Waals surface area contributed by atoms with Crippen molar-refractivity contribution in [3.05, 3.63) is 58.4 Å². The number of sulfonamides is 1. The number of carbonyl (C=O) groups is 1. The second kappa shape index (κ2) is 9.49. The highest BCUT2D eigenvalue weighted by molar-refractivity contribution is 7.88. The molecule has 1 aromatic heterocycles. The molecule has 0 saturated carbocycles. The number of benzene rings is 1. The second-order valence-electron chi connectivity index (χ2n) is 7.38. The number of amides is 1. The number of ether oxygens (including phenoxy) is 2. The smallest absolute Gasteiger partial charge is 0.246 e. The molecule has 0 unspecified atom stereocenters. The van der Waals surface area contributed by atoms with Gasteiger partial charge in [0.1, 0.15) is 0 Å². The minimum atomic E-state index is -3.30. The van der Waals surface area contributed by atoms with Gasteiger partial charge in [-0.2, -0.15) is 0 Å². The average Bonchev–Trinajstić information content (AvgIpc) is 2.75. The number of hydrogen-bond donors (Lipinski definition) is 1. The molecule has 8 nitrogen and oxygen atoms in total. The van der Waals surface area contributed by atoms with Gasteiger partial charge in [0.25, 0.3) is 0 Å². The van der Waals surface area contributed by atoms with Crippen LogP contribution in [0.15, 0.2) is 30.5 Å². The Hall–Kier alpha value is -2.91. The summed E-state index contributed by atoms with van der Waals surface area (Å²) in [6.07, 6.45) is 6.84. The molecule has 1 aliphatic heterocycles. The minimum absolute atomic E-state index is 0.100. The third-order valence-corrected chi connectivity index (χ3v) is 5.91. The van der Waals surface area contributed by atoms with Crippen LogP contribution in [0.25, 0.3) is 6.08 Å². The first-order valence-electron chi connectivity index (χ1n) is 9.81. The van der Waals surface area contributed by atoms with Gasteiger partial charge < -0.3 is 14.4 Å². The van der Waals surface area contributed by atoms with Crippen molar-refractivity contribution in [3.8, 4) is 11.5 Å². The van der Waals surface area contributed by atoms with E-state index in [1.54, 1.807) is 43.5 Å². The van der Waals surface area contributed by atoms with Crippen LogP contribution in [0.5, 0.6) is 11.5 Å². The molecule has 0 fully saturated rings. The topological polar surface area (TPSA) is 97.8 Å². The number of rotatable bonds is 7. The van der Waals surface area contributed by atoms with Gasteiger partial charge in [0.2, 0.25) is 15.9 Å². The summed E-state index contributed by atoms with van der Waals surface area (Å²) in [5.74, 6) is 1.13. The summed E-state index contributed by atoms with van der Waals surface area (Å²) in [4.78, 5) is 18.9. The molecule has 166 valence electrons. The Morgan fingerprint density at radius 3 is 2.68 bits per heavy atom. The summed E-state index contributed by atoms with van der Waals surface area (Å²) in [6.45, 7) is 3.05. The van der Waals surface area contributed by atoms with Gasteiger partial charge in [-0.3, -0.25) is 9.78 Å². The van der Waals surface area contributed by atoms with E-state index >= 15 is 0 Å². The van der Waals surface area contributed by atoms with E-state index in [2.05, 4.69) is 9.71 Å². The SMILES string of the molecule is COc1ccc(/C=C/C(=O)N2CCc3c(cnc(C)c3CNS(C)(=O)=O)C2)cc1OC. The first-order valence-corrected chi connectivity index (χ1v) is 11.7. The van der Waals surface area contributed by atoms with E-state index in [0.717, 1.165) is 34.2 Å². The Kier molecular flexibility index (Phi) is 6.97. The molecule has 0 atom stereocenters. The van der Waals surface area contributed by atoms with Crippen molar-refractivity contribution >= 4 is 22.0 Å². The van der Waals surface area contributed by atoms with E-state index in [4.69, 9.17) is 9.47 Å². The lowest BCUT2D eigenvalue weighted by Crippen LogP contribution is -2.36. The van der Waals surface area contributed by atoms with Gasteiger partial charge in [-0.1, -0.05) is 6.07 Å². The number of fused-ring (bicyclic) bond motifs is 1. The number of aryl methyl sites for hydroxylation is 1. The third-order valence-electron chi connectivity index (χ3n) is 5.24. The molecule has 0 bridgehead atoms. The number of nitrogens with one attached hydrogen (secondary N) is 1. The molecule has 0 saturated heterocycles. The van der Waals surface area contributed by atoms with Gasteiger partial charge in [-0.25, -0.2) is 13.1 Å². The molecular formula is C22H27N3O5S. The van der Waals surface area contributed by atoms with Gasteiger partial charge in [0.05, 0.1) is 20.5 Å². The summed E-state index contributed by atoms with van der Waals surface area (Å²) < 4.78 is 36.0. The molecule has 1 amide bonds. The Morgan fingerprint density at radius 2 is 2.00 bits per heavy atom. The van der Waals surface area contributed by atoms with E-state index in [1.165, 1.54) is 0 Å². The van der Waals surface area contributed by atoms with Gasteiger partial charge in [-0.15, -0.1) is 0 Å². The molecule has 1 aromatic carbocycles. The van der Waals surface area contributed by atoms with E-state index in [-0.39, 0.29) is 12.5 Å². The highest BCUT2D eigenvalue weighted by Gasteiger charge is 2.23. The van der Waals surface area contributed by atoms with E-state index in [0.29, 0.717) is 31.0 Å². The summed E-state index contributed by atoms with van der Waals surface area (Å²) in [7, 11) is -0.161. The second-order valence-corrected chi connectivity index (χ2v) is 9.21. The van der Waals surface area contributed by atoms with E-state index < -0.39 is 10.0 Å². The van der Waals surface area contributed by atoms with Gasteiger partial charge in [-0.05, 0) is 53.8 Å². The van der Waals surface area contributed by atoms with Crippen molar-refractivity contribution in [2.75, 3.05) is 27.0 Å². The summed E-state index contributed by atoms with van der Waals surface area (Å²) in [6, 6.07) is 5.45. The van der Waals surface area contributed by atoms with E-state index in [1.807, 2.05) is 19.1 Å². The lowest BCUT2D eigenvalue weighted by atomic mass is 9.95. The molecular weight excluding hydrogens is 418 g/mol. The van der Waals surface area contributed by atoms with Crippen LogP contribution in [0, 0.1) is 6.92 Å². The molecule has 0 radical (unpaired) electrons. The van der Waals surface area contributed by atoms with Crippen LogP contribution in [0.3, 0.4) is 0 Å². The van der Waals surface area contributed by atoms with Gasteiger partial charge >= 0.3 is 0 Å². The van der Waals surface area contributed by atoms with Crippen molar-refractivity contribution in [1.29, 1.82) is 0 Å². The maximum atomic E-state index is 12.7. The molecule has 1 N–H and O–H groups in total. The number of methoxy groups -OCH3 is 2. The lowest BCUT2D eigenvalue weighted by Gasteiger charge is -2.29. The van der Waals surface area contributed by atoms with Gasteiger partial charge in [0, 0.05) is 37.6 Å². The van der Waals surface area contributed by atoms with Crippen LogP contribution in [0.2, 0.25) is 0 Å². The number of pyridine rings is 1. The fourth-order valence-corrected chi connectivity index (χ4v) is 3.98. The zero-order valence-corrected chi connectivity index (χ0v) is 19.0. The number of hydrogen-bond acceptors (Lipinski definition) is 6. The Bertz CT molecular complexity index is 1110. The fourth-order valence-electron chi connectivity index (χ4n) is 3.58. The van der Waals surface area contributed by atoms with Crippen LogP contribution in [-0.4, -0.2) is 51.2 Å². The maximum Gasteiger partial charge on any atom is 0.246 e. The van der Waals surface area contributed by atoms with E-state index in [9.17, 15) is 13.2 Å². The lowest BCUT2D eigenvalue weighted by molar-refractivity contribution is -0.126. The monoisotopic (exact) mass is 445 g/mol. The Balaban J connectivity index is 1.73. The highest BCUT2D eigenvalue weighted by Crippen LogP contribution is 2.28. The van der Waals surface area contributed by atoms with Crippen LogP contribution in [0.4, 0.5) is 0 Å². The van der Waals surface area contributed by atoms with Crippen LogP contribution in [-0.2, 0) is 34.3 Å². The van der Waals surface area contributed by atoms with Crippen molar-refractivity contribution in [3.63, 3.8) is 0 Å². The predicted molar refractivity (Wildman–Crippen MR) is 118 cm³/mol. The normalized spacial score (nSPS) is 13.9. The minimum Gasteiger partial charge on any atom is -0.493 e. The zero-order valence-electron chi connectivity index (χ0n) is 18.1. The van der Waals surface area contributed by atoms with Crippen molar-refractivity contribution in [1.82, 2.24) is 14.6 Å². The third kappa shape index (κ3) is 5.62. The number of aromatic nitrogens is 1. The molecule has 2 aromatic rings. The molecule has 0 spiro atoms. The maximum absolute atomic E-state index is 12.7. The Labute approximate surface area is 182 Å². The average molecular weight is 446 g/mol. The van der Waals surface area contributed by atoms with Crippen LogP contribution < -0.4 is 14.2 Å². The number of nitrogens with zero attached hydrogens (tertiary/aromatic N) is 2.